The lowest BCUT2D eigenvalue weighted by Crippen LogP contribution is -2.32. The van der Waals surface area contributed by atoms with E-state index in [0.717, 1.165) is 4.47 Å². The Kier molecular flexibility index (Phi) is 2.88. The van der Waals surface area contributed by atoms with Crippen molar-refractivity contribution in [2.24, 2.45) is 0 Å². The standard InChI is InChI=1S/C9H7Br2NO3/c1-14-6-3-7-5(2-4(6)10)12-9(13)8(11)15-7/h2-3,8H,1H3,(H,12,13). The van der Waals surface area contributed by atoms with Crippen molar-refractivity contribution in [1.82, 2.24) is 0 Å². The van der Waals surface area contributed by atoms with Crippen LogP contribution in [0.25, 0.3) is 0 Å². The summed E-state index contributed by atoms with van der Waals surface area (Å²) in [5.41, 5.74) is 0.628. The van der Waals surface area contributed by atoms with Crippen LogP contribution in [0, 0.1) is 0 Å². The van der Waals surface area contributed by atoms with Crippen molar-refractivity contribution in [1.29, 1.82) is 0 Å². The first-order chi connectivity index (χ1) is 7.11. The topological polar surface area (TPSA) is 47.6 Å². The summed E-state index contributed by atoms with van der Waals surface area (Å²) in [6.07, 6.45) is 0. The second kappa shape index (κ2) is 4.02. The zero-order valence-electron chi connectivity index (χ0n) is 7.71. The minimum absolute atomic E-state index is 0.223. The van der Waals surface area contributed by atoms with Crippen molar-refractivity contribution in [3.8, 4) is 11.5 Å². The van der Waals surface area contributed by atoms with E-state index in [1.165, 1.54) is 0 Å². The van der Waals surface area contributed by atoms with E-state index in [4.69, 9.17) is 9.47 Å². The molecular weight excluding hydrogens is 330 g/mol. The van der Waals surface area contributed by atoms with Gasteiger partial charge in [-0.1, -0.05) is 0 Å². The third kappa shape index (κ3) is 1.96. The van der Waals surface area contributed by atoms with Crippen LogP contribution in [0.2, 0.25) is 0 Å². The average Bonchev–Trinajstić information content (AvgIpc) is 2.20. The number of hydrogen-bond acceptors (Lipinski definition) is 3. The number of fused-ring (bicyclic) bond motifs is 1. The number of carbonyl (C=O) groups excluding carboxylic acids is 1. The van der Waals surface area contributed by atoms with Crippen LogP contribution in [0.5, 0.6) is 11.5 Å². The van der Waals surface area contributed by atoms with Crippen molar-refractivity contribution >= 4 is 43.5 Å². The maximum absolute atomic E-state index is 11.3. The molecule has 1 aromatic carbocycles. The zero-order valence-corrected chi connectivity index (χ0v) is 10.9. The number of nitrogens with one attached hydrogen (secondary N) is 1. The van der Waals surface area contributed by atoms with E-state index >= 15 is 0 Å². The van der Waals surface area contributed by atoms with Gasteiger partial charge in [-0.05, 0) is 37.9 Å². The predicted octanol–water partition coefficient (Wildman–Crippen LogP) is 2.51. The van der Waals surface area contributed by atoms with E-state index in [2.05, 4.69) is 37.2 Å². The quantitative estimate of drug-likeness (QED) is 0.802. The fraction of sp³-hybridized carbons (Fsp3) is 0.222. The largest absolute Gasteiger partial charge is 0.495 e. The number of hydrogen-bond donors (Lipinski definition) is 1. The number of anilines is 1. The third-order valence-corrected chi connectivity index (χ3v) is 3.17. The number of amides is 1. The molecule has 2 rings (SSSR count). The van der Waals surface area contributed by atoms with Gasteiger partial charge in [0, 0.05) is 6.07 Å². The normalized spacial score (nSPS) is 18.9. The molecule has 1 aliphatic rings. The fourth-order valence-corrected chi connectivity index (χ4v) is 2.06. The molecule has 0 aromatic heterocycles. The van der Waals surface area contributed by atoms with Crippen LogP contribution >= 0.6 is 31.9 Å². The molecule has 1 aromatic rings. The highest BCUT2D eigenvalue weighted by Gasteiger charge is 2.26. The summed E-state index contributed by atoms with van der Waals surface area (Å²) in [5.74, 6) is 1.01. The molecule has 6 heteroatoms. The van der Waals surface area contributed by atoms with Crippen LogP contribution in [-0.4, -0.2) is 18.0 Å². The highest BCUT2D eigenvalue weighted by molar-refractivity contribution is 9.10. The van der Waals surface area contributed by atoms with Gasteiger partial charge in [-0.3, -0.25) is 4.79 Å². The summed E-state index contributed by atoms with van der Waals surface area (Å²) in [7, 11) is 1.57. The molecule has 80 valence electrons. The predicted molar refractivity (Wildman–Crippen MR) is 62.7 cm³/mol. The van der Waals surface area contributed by atoms with Gasteiger partial charge >= 0.3 is 0 Å². The van der Waals surface area contributed by atoms with Gasteiger partial charge in [-0.15, -0.1) is 0 Å². The van der Waals surface area contributed by atoms with E-state index in [1.54, 1.807) is 19.2 Å². The zero-order chi connectivity index (χ0) is 11.0. The average molecular weight is 337 g/mol. The van der Waals surface area contributed by atoms with Crippen molar-refractivity contribution in [2.75, 3.05) is 12.4 Å². The van der Waals surface area contributed by atoms with Crippen LogP contribution in [-0.2, 0) is 4.79 Å². The first kappa shape index (κ1) is 10.8. The number of methoxy groups -OCH3 is 1. The molecular formula is C9H7Br2NO3. The van der Waals surface area contributed by atoms with Crippen molar-refractivity contribution in [3.05, 3.63) is 16.6 Å². The molecule has 0 radical (unpaired) electrons. The Morgan fingerprint density at radius 1 is 1.53 bits per heavy atom. The van der Waals surface area contributed by atoms with Crippen molar-refractivity contribution in [3.63, 3.8) is 0 Å². The molecule has 15 heavy (non-hydrogen) atoms. The Labute approximate surface area is 103 Å². The van der Waals surface area contributed by atoms with Crippen LogP contribution in [0.4, 0.5) is 5.69 Å². The van der Waals surface area contributed by atoms with E-state index in [1.807, 2.05) is 0 Å². The number of halogens is 2. The van der Waals surface area contributed by atoms with Gasteiger partial charge < -0.3 is 14.8 Å². The highest BCUT2D eigenvalue weighted by Crippen LogP contribution is 2.39. The molecule has 1 N–H and O–H groups in total. The molecule has 1 heterocycles. The molecule has 0 saturated carbocycles. The number of rotatable bonds is 1. The van der Waals surface area contributed by atoms with Gasteiger partial charge in [-0.2, -0.15) is 0 Å². The molecule has 1 unspecified atom stereocenters. The molecule has 4 nitrogen and oxygen atoms in total. The Bertz CT molecular complexity index is 422. The molecule has 0 saturated heterocycles. The maximum Gasteiger partial charge on any atom is 0.276 e. The Morgan fingerprint density at radius 3 is 2.93 bits per heavy atom. The minimum atomic E-state index is -0.657. The summed E-state index contributed by atoms with van der Waals surface area (Å²) in [6.45, 7) is 0. The Hall–Kier alpha value is -0.750. The van der Waals surface area contributed by atoms with E-state index in [-0.39, 0.29) is 5.91 Å². The van der Waals surface area contributed by atoms with Gasteiger partial charge in [0.15, 0.2) is 0 Å². The number of carbonyl (C=O) groups is 1. The molecule has 0 bridgehead atoms. The maximum atomic E-state index is 11.3. The second-order valence-corrected chi connectivity index (χ2v) is 4.59. The van der Waals surface area contributed by atoms with Crippen molar-refractivity contribution in [2.45, 2.75) is 5.01 Å². The first-order valence-corrected chi connectivity index (χ1v) is 5.82. The van der Waals surface area contributed by atoms with Gasteiger partial charge in [0.1, 0.15) is 11.5 Å². The fourth-order valence-electron chi connectivity index (χ4n) is 1.24. The summed E-state index contributed by atoms with van der Waals surface area (Å²) in [6, 6.07) is 3.46. The lowest BCUT2D eigenvalue weighted by Gasteiger charge is -2.22. The molecule has 1 amide bonds. The number of alkyl halides is 1. The van der Waals surface area contributed by atoms with Crippen LogP contribution in [0.15, 0.2) is 16.6 Å². The molecule has 0 spiro atoms. The Morgan fingerprint density at radius 2 is 2.27 bits per heavy atom. The van der Waals surface area contributed by atoms with Crippen LogP contribution < -0.4 is 14.8 Å². The van der Waals surface area contributed by atoms with Crippen LogP contribution in [0.1, 0.15) is 0 Å². The third-order valence-electron chi connectivity index (χ3n) is 1.95. The van der Waals surface area contributed by atoms with Gasteiger partial charge in [0.25, 0.3) is 5.91 Å². The summed E-state index contributed by atoms with van der Waals surface area (Å²) in [4.78, 5) is 11.3. The molecule has 1 atom stereocenters. The molecule has 0 aliphatic carbocycles. The lowest BCUT2D eigenvalue weighted by molar-refractivity contribution is -0.119. The van der Waals surface area contributed by atoms with Gasteiger partial charge in [0.2, 0.25) is 5.01 Å². The summed E-state index contributed by atoms with van der Waals surface area (Å²) < 4.78 is 11.2. The number of ether oxygens (including phenoxy) is 2. The first-order valence-electron chi connectivity index (χ1n) is 4.11. The van der Waals surface area contributed by atoms with Crippen LogP contribution in [0.3, 0.4) is 0 Å². The monoisotopic (exact) mass is 335 g/mol. The smallest absolute Gasteiger partial charge is 0.276 e. The van der Waals surface area contributed by atoms with E-state index < -0.39 is 5.01 Å². The molecule has 0 fully saturated rings. The highest BCUT2D eigenvalue weighted by atomic mass is 79.9. The summed E-state index contributed by atoms with van der Waals surface area (Å²) >= 11 is 6.43. The van der Waals surface area contributed by atoms with Gasteiger partial charge in [0.05, 0.1) is 17.3 Å². The lowest BCUT2D eigenvalue weighted by atomic mass is 10.2. The van der Waals surface area contributed by atoms with E-state index in [0.29, 0.717) is 17.2 Å². The van der Waals surface area contributed by atoms with Gasteiger partial charge in [-0.25, -0.2) is 0 Å². The second-order valence-electron chi connectivity index (χ2n) is 2.91. The minimum Gasteiger partial charge on any atom is -0.495 e. The Balaban J connectivity index is 2.45. The number of benzene rings is 1. The SMILES string of the molecule is COc1cc2c(cc1Br)NC(=O)C(Br)O2. The van der Waals surface area contributed by atoms with E-state index in [9.17, 15) is 4.79 Å². The summed E-state index contributed by atoms with van der Waals surface area (Å²) in [5, 5.41) is 2.05. The molecule has 1 aliphatic heterocycles. The van der Waals surface area contributed by atoms with Crippen molar-refractivity contribution < 1.29 is 14.3 Å².